The summed E-state index contributed by atoms with van der Waals surface area (Å²) < 4.78 is 45.5. The highest BCUT2D eigenvalue weighted by atomic mass is 79.9. The van der Waals surface area contributed by atoms with Crippen molar-refractivity contribution in [1.29, 1.82) is 0 Å². The first kappa shape index (κ1) is 13.9. The minimum Gasteiger partial charge on any atom is -0.381 e. The fourth-order valence-electron chi connectivity index (χ4n) is 1.74. The smallest absolute Gasteiger partial charge is 0.243 e. The molecule has 7 heteroatoms. The maximum Gasteiger partial charge on any atom is 0.243 e. The van der Waals surface area contributed by atoms with E-state index in [1.807, 2.05) is 0 Å². The Bertz CT molecular complexity index is 529. The van der Waals surface area contributed by atoms with Gasteiger partial charge in [0, 0.05) is 17.6 Å². The summed E-state index contributed by atoms with van der Waals surface area (Å²) in [4.78, 5) is -0.329. The van der Waals surface area contributed by atoms with Crippen molar-refractivity contribution in [2.75, 3.05) is 19.8 Å². The van der Waals surface area contributed by atoms with Gasteiger partial charge in [0.2, 0.25) is 10.0 Å². The molecule has 0 saturated carbocycles. The third-order valence-electron chi connectivity index (χ3n) is 2.77. The van der Waals surface area contributed by atoms with Gasteiger partial charge in [0.05, 0.1) is 6.61 Å². The quantitative estimate of drug-likeness (QED) is 0.912. The maximum absolute atomic E-state index is 13.6. The second-order valence-electron chi connectivity index (χ2n) is 4.16. The van der Waals surface area contributed by atoms with Gasteiger partial charge in [-0.15, -0.1) is 0 Å². The number of hydrogen-bond donors (Lipinski definition) is 1. The van der Waals surface area contributed by atoms with Crippen LogP contribution in [0.15, 0.2) is 27.6 Å². The van der Waals surface area contributed by atoms with E-state index in [-0.39, 0.29) is 17.4 Å². The highest BCUT2D eigenvalue weighted by molar-refractivity contribution is 9.10. The van der Waals surface area contributed by atoms with Gasteiger partial charge in [0.25, 0.3) is 0 Å². The van der Waals surface area contributed by atoms with Gasteiger partial charge in [-0.2, -0.15) is 0 Å². The van der Waals surface area contributed by atoms with Gasteiger partial charge >= 0.3 is 0 Å². The van der Waals surface area contributed by atoms with E-state index >= 15 is 0 Å². The van der Waals surface area contributed by atoms with Gasteiger partial charge in [-0.25, -0.2) is 17.5 Å². The molecule has 1 aromatic rings. The Hall–Kier alpha value is -0.500. The summed E-state index contributed by atoms with van der Waals surface area (Å²) in [5.41, 5.74) is 0. The molecular formula is C11H13BrFNO3S. The van der Waals surface area contributed by atoms with E-state index in [0.717, 1.165) is 12.5 Å². The van der Waals surface area contributed by atoms with Crippen LogP contribution < -0.4 is 4.72 Å². The van der Waals surface area contributed by atoms with Crippen molar-refractivity contribution in [2.45, 2.75) is 11.3 Å². The van der Waals surface area contributed by atoms with Crippen LogP contribution in [-0.4, -0.2) is 28.2 Å². The van der Waals surface area contributed by atoms with Crippen molar-refractivity contribution in [2.24, 2.45) is 5.92 Å². The molecule has 1 aromatic carbocycles. The molecule has 0 amide bonds. The lowest BCUT2D eigenvalue weighted by atomic mass is 10.1. The van der Waals surface area contributed by atoms with Crippen LogP contribution in [0.3, 0.4) is 0 Å². The van der Waals surface area contributed by atoms with Crippen LogP contribution in [0.4, 0.5) is 4.39 Å². The van der Waals surface area contributed by atoms with Crippen LogP contribution in [0.1, 0.15) is 6.42 Å². The van der Waals surface area contributed by atoms with E-state index in [0.29, 0.717) is 17.7 Å². The first-order valence-electron chi connectivity index (χ1n) is 5.51. The minimum atomic E-state index is -3.80. The Kier molecular flexibility index (Phi) is 4.37. The van der Waals surface area contributed by atoms with Crippen molar-refractivity contribution in [3.63, 3.8) is 0 Å². The summed E-state index contributed by atoms with van der Waals surface area (Å²) in [6.45, 7) is 1.47. The SMILES string of the molecule is O=S(=O)(NC[C@@H]1CCOC1)c1ccc(Br)cc1F. The molecule has 1 fully saturated rings. The van der Waals surface area contributed by atoms with Crippen molar-refractivity contribution < 1.29 is 17.5 Å². The number of benzene rings is 1. The first-order valence-corrected chi connectivity index (χ1v) is 7.79. The topological polar surface area (TPSA) is 55.4 Å². The van der Waals surface area contributed by atoms with Gasteiger partial charge in [-0.1, -0.05) is 15.9 Å². The number of sulfonamides is 1. The largest absolute Gasteiger partial charge is 0.381 e. The van der Waals surface area contributed by atoms with Crippen LogP contribution in [0.5, 0.6) is 0 Å². The zero-order valence-corrected chi connectivity index (χ0v) is 11.9. The standard InChI is InChI=1S/C11H13BrFNO3S/c12-9-1-2-11(10(13)5-9)18(15,16)14-6-8-3-4-17-7-8/h1-2,5,8,14H,3-4,6-7H2/t8-/m0/s1. The number of nitrogens with one attached hydrogen (secondary N) is 1. The second kappa shape index (κ2) is 5.64. The number of hydrogen-bond acceptors (Lipinski definition) is 3. The zero-order chi connectivity index (χ0) is 13.2. The lowest BCUT2D eigenvalue weighted by molar-refractivity contribution is 0.186. The molecule has 0 spiro atoms. The lowest BCUT2D eigenvalue weighted by Crippen LogP contribution is -2.30. The highest BCUT2D eigenvalue weighted by Gasteiger charge is 2.22. The molecular weight excluding hydrogens is 325 g/mol. The summed E-state index contributed by atoms with van der Waals surface area (Å²) >= 11 is 3.08. The number of ether oxygens (including phenoxy) is 1. The number of halogens is 2. The van der Waals surface area contributed by atoms with Gasteiger partial charge < -0.3 is 4.74 Å². The molecule has 1 heterocycles. The third kappa shape index (κ3) is 3.28. The van der Waals surface area contributed by atoms with Crippen LogP contribution >= 0.6 is 15.9 Å². The molecule has 0 unspecified atom stereocenters. The second-order valence-corrected chi connectivity index (χ2v) is 6.81. The molecule has 2 rings (SSSR count). The van der Waals surface area contributed by atoms with E-state index in [4.69, 9.17) is 4.74 Å². The molecule has 4 nitrogen and oxygen atoms in total. The normalized spacial score (nSPS) is 20.2. The molecule has 1 atom stereocenters. The van der Waals surface area contributed by atoms with Crippen LogP contribution in [0.25, 0.3) is 0 Å². The van der Waals surface area contributed by atoms with E-state index in [2.05, 4.69) is 20.7 Å². The molecule has 1 saturated heterocycles. The zero-order valence-electron chi connectivity index (χ0n) is 9.53. The predicted octanol–water partition coefficient (Wildman–Crippen LogP) is 1.90. The summed E-state index contributed by atoms with van der Waals surface area (Å²) in [5, 5.41) is 0. The fraction of sp³-hybridized carbons (Fsp3) is 0.455. The Balaban J connectivity index is 2.09. The van der Waals surface area contributed by atoms with Crippen LogP contribution in [-0.2, 0) is 14.8 Å². The minimum absolute atomic E-state index is 0.165. The van der Waals surface area contributed by atoms with Crippen molar-refractivity contribution >= 4 is 26.0 Å². The average Bonchev–Trinajstić information content (AvgIpc) is 2.78. The first-order chi connectivity index (χ1) is 8.49. The Morgan fingerprint density at radius 2 is 2.28 bits per heavy atom. The van der Waals surface area contributed by atoms with Gasteiger partial charge in [0.15, 0.2) is 0 Å². The van der Waals surface area contributed by atoms with E-state index in [9.17, 15) is 12.8 Å². The molecule has 0 bridgehead atoms. The lowest BCUT2D eigenvalue weighted by Gasteiger charge is -2.11. The maximum atomic E-state index is 13.6. The molecule has 18 heavy (non-hydrogen) atoms. The van der Waals surface area contributed by atoms with E-state index in [1.165, 1.54) is 12.1 Å². The van der Waals surface area contributed by atoms with E-state index < -0.39 is 15.8 Å². The monoisotopic (exact) mass is 337 g/mol. The Morgan fingerprint density at radius 1 is 1.50 bits per heavy atom. The fourth-order valence-corrected chi connectivity index (χ4v) is 3.25. The Morgan fingerprint density at radius 3 is 2.89 bits per heavy atom. The van der Waals surface area contributed by atoms with Gasteiger partial charge in [-0.3, -0.25) is 0 Å². The molecule has 0 aliphatic carbocycles. The molecule has 100 valence electrons. The summed E-state index contributed by atoms with van der Waals surface area (Å²) in [6.07, 6.45) is 0.825. The summed E-state index contributed by atoms with van der Waals surface area (Å²) in [7, 11) is -3.80. The average molecular weight is 338 g/mol. The van der Waals surface area contributed by atoms with Crippen molar-refractivity contribution in [1.82, 2.24) is 4.72 Å². The summed E-state index contributed by atoms with van der Waals surface area (Å²) in [5.74, 6) is -0.599. The third-order valence-corrected chi connectivity index (χ3v) is 4.72. The molecule has 1 N–H and O–H groups in total. The van der Waals surface area contributed by atoms with Crippen LogP contribution in [0.2, 0.25) is 0 Å². The van der Waals surface area contributed by atoms with Crippen molar-refractivity contribution in [3.8, 4) is 0 Å². The molecule has 0 radical (unpaired) electrons. The number of rotatable bonds is 4. The molecule has 0 aromatic heterocycles. The van der Waals surface area contributed by atoms with Gasteiger partial charge in [-0.05, 0) is 30.5 Å². The van der Waals surface area contributed by atoms with Crippen LogP contribution in [0, 0.1) is 11.7 Å². The predicted molar refractivity (Wildman–Crippen MR) is 68.2 cm³/mol. The summed E-state index contributed by atoms with van der Waals surface area (Å²) in [6, 6.07) is 3.87. The molecule has 1 aliphatic rings. The highest BCUT2D eigenvalue weighted by Crippen LogP contribution is 2.20. The molecule has 1 aliphatic heterocycles. The Labute approximate surface area is 114 Å². The van der Waals surface area contributed by atoms with Gasteiger partial charge in [0.1, 0.15) is 10.7 Å². The van der Waals surface area contributed by atoms with Crippen molar-refractivity contribution in [3.05, 3.63) is 28.5 Å². The van der Waals surface area contributed by atoms with E-state index in [1.54, 1.807) is 0 Å².